The number of rotatable bonds is 4. The van der Waals surface area contributed by atoms with Crippen LogP contribution in [0.2, 0.25) is 0 Å². The van der Waals surface area contributed by atoms with Gasteiger partial charge in [0.2, 0.25) is 12.0 Å². The third-order valence-corrected chi connectivity index (χ3v) is 11.3. The zero-order chi connectivity index (χ0) is 33.3. The van der Waals surface area contributed by atoms with Crippen LogP contribution in [0.3, 0.4) is 0 Å². The number of nitrogens with zero attached hydrogens (tertiary/aromatic N) is 4. The molecule has 50 heavy (non-hydrogen) atoms. The summed E-state index contributed by atoms with van der Waals surface area (Å²) < 4.78 is 28.7. The number of hydrogen-bond donors (Lipinski definition) is 2. The molecule has 1 aromatic heterocycles. The van der Waals surface area contributed by atoms with Gasteiger partial charge in [-0.2, -0.15) is 0 Å². The Balaban J connectivity index is 1.20. The molecule has 0 aliphatic carbocycles. The van der Waals surface area contributed by atoms with E-state index in [2.05, 4.69) is 31.8 Å². The number of allylic oxidation sites excluding steroid dienone is 3. The molecule has 0 saturated heterocycles. The molecule has 0 saturated carbocycles. The van der Waals surface area contributed by atoms with Crippen molar-refractivity contribution in [1.29, 1.82) is 0 Å². The third kappa shape index (κ3) is 4.89. The van der Waals surface area contributed by atoms with Crippen LogP contribution in [0.15, 0.2) is 95.8 Å². The molecule has 14 heteroatoms. The van der Waals surface area contributed by atoms with Crippen LogP contribution in [-0.4, -0.2) is 44.7 Å². The Morgan fingerprint density at radius 3 is 2.82 bits per heavy atom. The predicted octanol–water partition coefficient (Wildman–Crippen LogP) is 6.99. The summed E-state index contributed by atoms with van der Waals surface area (Å²) in [6.07, 6.45) is 7.04. The van der Waals surface area contributed by atoms with E-state index in [1.807, 2.05) is 83.4 Å². The fourth-order valence-corrected chi connectivity index (χ4v) is 8.42. The molecule has 6 heterocycles. The summed E-state index contributed by atoms with van der Waals surface area (Å²) in [5.41, 5.74) is 7.24. The molecule has 5 aliphatic heterocycles. The molecular formula is C36H23N6O5S3. The maximum absolute atomic E-state index is 14.9. The lowest BCUT2D eigenvalue weighted by Crippen LogP contribution is -2.38. The van der Waals surface area contributed by atoms with Crippen molar-refractivity contribution in [2.75, 3.05) is 29.2 Å². The molecule has 4 aromatic carbocycles. The van der Waals surface area contributed by atoms with E-state index >= 15 is 0 Å². The van der Waals surface area contributed by atoms with Gasteiger partial charge in [0.05, 0.1) is 45.3 Å². The van der Waals surface area contributed by atoms with Gasteiger partial charge >= 0.3 is 0 Å². The number of benzene rings is 4. The summed E-state index contributed by atoms with van der Waals surface area (Å²) in [5.74, 6) is 1.65. The number of carbonyl (C=O) groups is 2. The lowest BCUT2D eigenvalue weighted by molar-refractivity contribution is -0.125. The van der Waals surface area contributed by atoms with Gasteiger partial charge in [0, 0.05) is 40.6 Å². The highest BCUT2D eigenvalue weighted by atomic mass is 32.2. The van der Waals surface area contributed by atoms with Crippen LogP contribution in [0, 0.1) is 6.07 Å². The monoisotopic (exact) mass is 715 g/mol. The molecular weight excluding hydrogens is 693 g/mol. The van der Waals surface area contributed by atoms with Crippen molar-refractivity contribution in [1.82, 2.24) is 18.6 Å². The molecule has 2 N–H and O–H groups in total. The zero-order valence-corrected chi connectivity index (χ0v) is 28.3. The topological polar surface area (TPSA) is 118 Å². The van der Waals surface area contributed by atoms with Gasteiger partial charge in [-0.3, -0.25) is 18.8 Å². The van der Waals surface area contributed by atoms with E-state index < -0.39 is 6.10 Å². The first-order chi connectivity index (χ1) is 24.6. The summed E-state index contributed by atoms with van der Waals surface area (Å²) in [4.78, 5) is 29.9. The van der Waals surface area contributed by atoms with Crippen molar-refractivity contribution in [3.05, 3.63) is 108 Å². The molecule has 11 nitrogen and oxygen atoms in total. The van der Waals surface area contributed by atoms with Crippen molar-refractivity contribution in [3.8, 4) is 28.4 Å². The van der Waals surface area contributed by atoms with E-state index in [-0.39, 0.29) is 11.8 Å². The maximum Gasteiger partial charge on any atom is 0.277 e. The minimum atomic E-state index is -0.992. The van der Waals surface area contributed by atoms with Gasteiger partial charge in [-0.1, -0.05) is 16.6 Å². The smallest absolute Gasteiger partial charge is 0.277 e. The molecule has 0 fully saturated rings. The first-order valence-electron chi connectivity index (χ1n) is 15.7. The average Bonchev–Trinajstić information content (AvgIpc) is 3.83. The fraction of sp³-hybridized carbons (Fsp3) is 0.111. The van der Waals surface area contributed by atoms with Crippen LogP contribution < -0.4 is 29.1 Å². The Labute approximate surface area is 298 Å². The van der Waals surface area contributed by atoms with Crippen LogP contribution in [-0.2, 0) is 9.59 Å². The lowest BCUT2D eigenvalue weighted by atomic mass is 9.92. The largest absolute Gasteiger partial charge is 0.486 e. The highest BCUT2D eigenvalue weighted by Crippen LogP contribution is 2.52. The summed E-state index contributed by atoms with van der Waals surface area (Å²) in [7, 11) is 0. The molecule has 0 spiro atoms. The molecule has 245 valence electrons. The Bertz CT molecular complexity index is 2390. The predicted molar refractivity (Wildman–Crippen MR) is 193 cm³/mol. The van der Waals surface area contributed by atoms with Crippen LogP contribution in [0.4, 0.5) is 17.1 Å². The number of aromatic nitrogens is 2. The summed E-state index contributed by atoms with van der Waals surface area (Å²) in [6, 6.07) is 22.7. The second-order valence-corrected chi connectivity index (χ2v) is 14.5. The van der Waals surface area contributed by atoms with Crippen LogP contribution in [0.5, 0.6) is 17.2 Å². The number of thioether (sulfide) groups is 1. The Kier molecular flexibility index (Phi) is 6.82. The Morgan fingerprint density at radius 1 is 0.960 bits per heavy atom. The standard InChI is InChI=1S/C36H23N6O5S3/c43-33-18-48-31-5-1-20(13-26(31)38-33)25-12-22(19-7-8-41-24(11-19)17-37-50-41)15-30-34(25)42(23-3-4-28-29(16-23)46-10-9-45-28)36(44)35(47-30)21-2-6-32-27(14-21)39-40-49-32/h1-8,11,13-17,35,37H,9-10,18H2,(H,38,43). The van der Waals surface area contributed by atoms with Gasteiger partial charge in [0.15, 0.2) is 11.5 Å². The summed E-state index contributed by atoms with van der Waals surface area (Å²) >= 11 is 4.27. The Morgan fingerprint density at radius 2 is 1.88 bits per heavy atom. The van der Waals surface area contributed by atoms with E-state index in [9.17, 15) is 9.59 Å². The summed E-state index contributed by atoms with van der Waals surface area (Å²) in [6.45, 7) is 0.852. The molecule has 5 aliphatic rings. The van der Waals surface area contributed by atoms with Crippen molar-refractivity contribution in [2.24, 2.45) is 0 Å². The number of anilines is 3. The van der Waals surface area contributed by atoms with Gasteiger partial charge in [-0.15, -0.1) is 16.9 Å². The van der Waals surface area contributed by atoms with E-state index in [1.54, 1.807) is 4.90 Å². The molecule has 10 rings (SSSR count). The van der Waals surface area contributed by atoms with Crippen LogP contribution in [0.1, 0.15) is 17.2 Å². The molecule has 2 amide bonds. The van der Waals surface area contributed by atoms with Gasteiger partial charge in [-0.05, 0) is 82.8 Å². The second-order valence-electron chi connectivity index (χ2n) is 11.8. The average molecular weight is 716 g/mol. The molecule has 1 atom stereocenters. The minimum absolute atomic E-state index is 0.0654. The number of ether oxygens (including phenoxy) is 3. The highest BCUT2D eigenvalue weighted by Gasteiger charge is 2.40. The molecule has 5 aromatic rings. The highest BCUT2D eigenvalue weighted by molar-refractivity contribution is 8.00. The quantitative estimate of drug-likeness (QED) is 0.188. The van der Waals surface area contributed by atoms with Crippen LogP contribution >= 0.6 is 35.4 Å². The normalized spacial score (nSPS) is 18.8. The molecule has 1 unspecified atom stereocenters. The van der Waals surface area contributed by atoms with E-state index in [0.29, 0.717) is 69.9 Å². The number of carbonyl (C=O) groups excluding carboxylic acids is 2. The van der Waals surface area contributed by atoms with Crippen molar-refractivity contribution in [2.45, 2.75) is 11.0 Å². The van der Waals surface area contributed by atoms with Crippen molar-refractivity contribution < 1.29 is 23.8 Å². The van der Waals surface area contributed by atoms with Gasteiger partial charge < -0.3 is 24.2 Å². The molecule has 1 radical (unpaired) electrons. The van der Waals surface area contributed by atoms with Crippen LogP contribution in [0.25, 0.3) is 26.9 Å². The third-order valence-electron chi connectivity index (χ3n) is 8.79. The Hall–Kier alpha value is -5.44. The number of nitrogens with one attached hydrogen (secondary N) is 2. The first kappa shape index (κ1) is 29.5. The van der Waals surface area contributed by atoms with Gasteiger partial charge in [0.1, 0.15) is 24.5 Å². The summed E-state index contributed by atoms with van der Waals surface area (Å²) in [5, 5.41) is 7.26. The van der Waals surface area contributed by atoms with E-state index in [4.69, 9.17) is 14.2 Å². The minimum Gasteiger partial charge on any atom is -0.486 e. The first-order valence-corrected chi connectivity index (χ1v) is 18.2. The SMILES string of the molecule is O=C1CSc2ccc(-c3[c]c(C4=CC5=CNSN5C=C4)cc4c3N(c3ccc5c(c3)OCCO5)C(=O)C(c3ccc5snnc5c3)O4)cc2N1. The van der Waals surface area contributed by atoms with E-state index in [0.717, 1.165) is 32.0 Å². The molecule has 0 bridgehead atoms. The van der Waals surface area contributed by atoms with Crippen molar-refractivity contribution >= 4 is 80.1 Å². The zero-order valence-electron chi connectivity index (χ0n) is 25.8. The van der Waals surface area contributed by atoms with E-state index in [1.165, 1.54) is 35.4 Å². The second kappa shape index (κ2) is 11.6. The fourth-order valence-electron chi connectivity index (χ4n) is 6.48. The number of hydrogen-bond acceptors (Lipinski definition) is 12. The number of fused-ring (bicyclic) bond motifs is 5. The van der Waals surface area contributed by atoms with Gasteiger partial charge in [-0.25, -0.2) is 0 Å². The van der Waals surface area contributed by atoms with Crippen molar-refractivity contribution in [3.63, 3.8) is 0 Å². The lowest BCUT2D eigenvalue weighted by Gasteiger charge is -2.37. The van der Waals surface area contributed by atoms with Gasteiger partial charge in [0.25, 0.3) is 5.91 Å². The number of amides is 2. The maximum atomic E-state index is 14.9.